The van der Waals surface area contributed by atoms with Crippen molar-refractivity contribution in [1.29, 1.82) is 0 Å². The number of fused-ring (bicyclic) bond motifs is 1. The van der Waals surface area contributed by atoms with Crippen molar-refractivity contribution in [2.75, 3.05) is 5.75 Å². The van der Waals surface area contributed by atoms with Gasteiger partial charge in [-0.05, 0) is 51.2 Å². The van der Waals surface area contributed by atoms with Crippen LogP contribution >= 0.6 is 0 Å². The summed E-state index contributed by atoms with van der Waals surface area (Å²) in [6.07, 6.45) is 0.884. The second-order valence-electron chi connectivity index (χ2n) is 6.26. The van der Waals surface area contributed by atoms with E-state index in [0.717, 1.165) is 22.5 Å². The topological polar surface area (TPSA) is 35.5 Å². The van der Waals surface area contributed by atoms with Gasteiger partial charge in [0.05, 0.1) is 22.0 Å². The van der Waals surface area contributed by atoms with Gasteiger partial charge in [0, 0.05) is 10.6 Å². The summed E-state index contributed by atoms with van der Waals surface area (Å²) in [5.41, 5.74) is 1.56. The quantitative estimate of drug-likeness (QED) is 0.733. The molecule has 0 bridgehead atoms. The molecule has 3 nitrogen and oxygen atoms in total. The van der Waals surface area contributed by atoms with Gasteiger partial charge in [-0.25, -0.2) is 0 Å². The summed E-state index contributed by atoms with van der Waals surface area (Å²) >= 11 is 0. The van der Waals surface area contributed by atoms with Crippen molar-refractivity contribution in [2.24, 2.45) is 0 Å². The molecule has 0 aromatic heterocycles. The molecule has 1 atom stereocenters. The van der Waals surface area contributed by atoms with Crippen LogP contribution in [-0.2, 0) is 26.5 Å². The third kappa shape index (κ3) is 2.08. The van der Waals surface area contributed by atoms with Gasteiger partial charge in [0.15, 0.2) is 0 Å². The first-order valence-electron chi connectivity index (χ1n) is 6.67. The number of rotatable bonds is 1. The minimum absolute atomic E-state index is 0.320. The molecule has 0 N–H and O–H groups in total. The summed E-state index contributed by atoms with van der Waals surface area (Å²) in [7, 11) is -1.15. The second kappa shape index (κ2) is 4.17. The molecule has 1 aromatic rings. The van der Waals surface area contributed by atoms with Crippen molar-refractivity contribution in [3.05, 3.63) is 23.8 Å². The first-order valence-corrected chi connectivity index (χ1v) is 7.99. The Morgan fingerprint density at radius 2 is 1.79 bits per heavy atom. The molecular formula is C14H19BO3S. The van der Waals surface area contributed by atoms with E-state index in [0.29, 0.717) is 0 Å². The van der Waals surface area contributed by atoms with Gasteiger partial charge in [0.25, 0.3) is 0 Å². The Kier molecular flexibility index (Phi) is 2.93. The van der Waals surface area contributed by atoms with Crippen LogP contribution in [0.5, 0.6) is 0 Å². The standard InChI is InChI=1S/C14H19BO3S/c1-13(2)14(3,4)18-15(17-13)11-5-6-12-10(9-11)7-8-19(12)16/h5-6,9H,7-8H2,1-4H3. The highest BCUT2D eigenvalue weighted by Gasteiger charge is 2.51. The van der Waals surface area contributed by atoms with Crippen LogP contribution in [0.3, 0.4) is 0 Å². The monoisotopic (exact) mass is 278 g/mol. The molecule has 5 heteroatoms. The lowest BCUT2D eigenvalue weighted by atomic mass is 9.78. The maximum atomic E-state index is 11.8. The van der Waals surface area contributed by atoms with Gasteiger partial charge < -0.3 is 9.31 Å². The van der Waals surface area contributed by atoms with E-state index in [1.807, 2.05) is 12.1 Å². The molecule has 3 rings (SSSR count). The molecule has 0 aliphatic carbocycles. The molecule has 1 fully saturated rings. The molecule has 0 saturated carbocycles. The Morgan fingerprint density at radius 1 is 1.16 bits per heavy atom. The molecule has 2 aliphatic heterocycles. The first kappa shape index (κ1) is 13.3. The van der Waals surface area contributed by atoms with E-state index >= 15 is 0 Å². The molecule has 102 valence electrons. The van der Waals surface area contributed by atoms with Gasteiger partial charge in [0.1, 0.15) is 0 Å². The zero-order valence-electron chi connectivity index (χ0n) is 11.9. The van der Waals surface area contributed by atoms with E-state index < -0.39 is 10.8 Å². The van der Waals surface area contributed by atoms with Crippen molar-refractivity contribution < 1.29 is 13.5 Å². The lowest BCUT2D eigenvalue weighted by Gasteiger charge is -2.32. The summed E-state index contributed by atoms with van der Waals surface area (Å²) in [6.45, 7) is 8.20. The van der Waals surface area contributed by atoms with Crippen molar-refractivity contribution >= 4 is 23.4 Å². The average Bonchev–Trinajstić information content (AvgIpc) is 2.78. The van der Waals surface area contributed by atoms with E-state index in [2.05, 4.69) is 33.8 Å². The van der Waals surface area contributed by atoms with Crippen LogP contribution < -0.4 is 5.46 Å². The minimum Gasteiger partial charge on any atom is -0.399 e. The fraction of sp³-hybridized carbons (Fsp3) is 0.571. The van der Waals surface area contributed by atoms with Gasteiger partial charge >= 0.3 is 7.12 Å². The van der Waals surface area contributed by atoms with Crippen molar-refractivity contribution in [2.45, 2.75) is 50.2 Å². The van der Waals surface area contributed by atoms with Crippen LogP contribution in [0.15, 0.2) is 23.1 Å². The van der Waals surface area contributed by atoms with Gasteiger partial charge in [-0.1, -0.05) is 12.1 Å². The molecule has 0 radical (unpaired) electrons. The normalized spacial score (nSPS) is 27.6. The molecule has 1 aromatic carbocycles. The van der Waals surface area contributed by atoms with Crippen LogP contribution in [0.2, 0.25) is 0 Å². The highest BCUT2D eigenvalue weighted by molar-refractivity contribution is 7.85. The molecule has 1 saturated heterocycles. The summed E-state index contributed by atoms with van der Waals surface area (Å²) in [6, 6.07) is 6.02. The van der Waals surface area contributed by atoms with Crippen LogP contribution in [-0.4, -0.2) is 28.3 Å². The van der Waals surface area contributed by atoms with Crippen molar-refractivity contribution in [3.63, 3.8) is 0 Å². The Bertz CT molecular complexity index is 538. The number of benzene rings is 1. The molecule has 0 spiro atoms. The molecule has 19 heavy (non-hydrogen) atoms. The SMILES string of the molecule is CC1(C)OB(c2ccc3c(c2)CCS3=O)OC1(C)C. The first-order chi connectivity index (χ1) is 8.80. The molecule has 2 heterocycles. The van der Waals surface area contributed by atoms with Gasteiger partial charge in [0.2, 0.25) is 0 Å². The zero-order valence-corrected chi connectivity index (χ0v) is 12.7. The third-order valence-corrected chi connectivity index (χ3v) is 5.88. The van der Waals surface area contributed by atoms with E-state index in [4.69, 9.17) is 9.31 Å². The predicted molar refractivity (Wildman–Crippen MR) is 77.1 cm³/mol. The van der Waals surface area contributed by atoms with Crippen LogP contribution in [0, 0.1) is 0 Å². The number of hydrogen-bond acceptors (Lipinski definition) is 3. The lowest BCUT2D eigenvalue weighted by Crippen LogP contribution is -2.41. The van der Waals surface area contributed by atoms with Gasteiger partial charge in [-0.15, -0.1) is 0 Å². The van der Waals surface area contributed by atoms with Crippen LogP contribution in [0.4, 0.5) is 0 Å². The summed E-state index contributed by atoms with van der Waals surface area (Å²) in [5.74, 6) is 0.738. The highest BCUT2D eigenvalue weighted by atomic mass is 32.2. The van der Waals surface area contributed by atoms with Gasteiger partial charge in [-0.3, -0.25) is 4.21 Å². The van der Waals surface area contributed by atoms with Crippen LogP contribution in [0.25, 0.3) is 0 Å². The average molecular weight is 278 g/mol. The number of hydrogen-bond donors (Lipinski definition) is 0. The largest absolute Gasteiger partial charge is 0.494 e. The second-order valence-corrected chi connectivity index (χ2v) is 7.79. The molecule has 1 unspecified atom stereocenters. The maximum Gasteiger partial charge on any atom is 0.494 e. The lowest BCUT2D eigenvalue weighted by molar-refractivity contribution is 0.00578. The smallest absolute Gasteiger partial charge is 0.399 e. The van der Waals surface area contributed by atoms with Gasteiger partial charge in [-0.2, -0.15) is 0 Å². The van der Waals surface area contributed by atoms with E-state index in [9.17, 15) is 4.21 Å². The third-order valence-electron chi connectivity index (χ3n) is 4.41. The summed E-state index contributed by atoms with van der Waals surface area (Å²) < 4.78 is 23.8. The minimum atomic E-state index is -0.820. The zero-order chi connectivity index (χ0) is 13.8. The Morgan fingerprint density at radius 3 is 2.42 bits per heavy atom. The summed E-state index contributed by atoms with van der Waals surface area (Å²) in [4.78, 5) is 0.972. The Hall–Kier alpha value is -0.645. The van der Waals surface area contributed by atoms with E-state index in [-0.39, 0.29) is 18.3 Å². The van der Waals surface area contributed by atoms with E-state index in [1.54, 1.807) is 0 Å². The molecule has 2 aliphatic rings. The predicted octanol–water partition coefficient (Wildman–Crippen LogP) is 1.65. The Labute approximate surface area is 117 Å². The van der Waals surface area contributed by atoms with Crippen LogP contribution in [0.1, 0.15) is 33.3 Å². The fourth-order valence-corrected chi connectivity index (χ4v) is 3.75. The maximum absolute atomic E-state index is 11.8. The summed E-state index contributed by atoms with van der Waals surface area (Å²) in [5, 5.41) is 0. The number of aryl methyl sites for hydroxylation is 1. The van der Waals surface area contributed by atoms with Crippen molar-refractivity contribution in [1.82, 2.24) is 0 Å². The van der Waals surface area contributed by atoms with Crippen molar-refractivity contribution in [3.8, 4) is 0 Å². The highest BCUT2D eigenvalue weighted by Crippen LogP contribution is 2.36. The van der Waals surface area contributed by atoms with E-state index in [1.165, 1.54) is 5.56 Å². The fourth-order valence-electron chi connectivity index (χ4n) is 2.46. The molecule has 0 amide bonds. The molecular weight excluding hydrogens is 259 g/mol. The Balaban J connectivity index is 1.91.